The molecule has 3 aliphatic carbocycles. The third-order valence-electron chi connectivity index (χ3n) is 9.05. The molecule has 2 amide bonds. The van der Waals surface area contributed by atoms with E-state index in [2.05, 4.69) is 30.6 Å². The van der Waals surface area contributed by atoms with Crippen molar-refractivity contribution in [2.45, 2.75) is 84.3 Å². The number of carbonyl (C=O) groups is 3. The standard InChI is InChI=1S/C30H41N3O6/c1-17(2)9-12-32-28(35)25-18-5-6-19(13-18)26(25)33-27(34)22-15-23(20(16-31)14-24(22)38-4)39-21-7-10-30(3,11-8-21)29(36)37/h14-15,17-19,21,25-26H,5-13H2,1-4H3,(H,32,35)(H,33,34)(H,36,37)/t18-,19+,21?,25+,26-,30?/m1/s1. The third kappa shape index (κ3) is 6.15. The fourth-order valence-electron chi connectivity index (χ4n) is 6.54. The summed E-state index contributed by atoms with van der Waals surface area (Å²) in [5.74, 6) is 0.143. The first kappa shape index (κ1) is 28.7. The Morgan fingerprint density at radius 1 is 1.13 bits per heavy atom. The molecule has 2 bridgehead atoms. The van der Waals surface area contributed by atoms with Crippen molar-refractivity contribution in [1.29, 1.82) is 5.26 Å². The van der Waals surface area contributed by atoms with Crippen LogP contribution in [0.1, 0.15) is 88.1 Å². The summed E-state index contributed by atoms with van der Waals surface area (Å²) in [7, 11) is 1.45. The maximum Gasteiger partial charge on any atom is 0.309 e. The summed E-state index contributed by atoms with van der Waals surface area (Å²) >= 11 is 0. The predicted molar refractivity (Wildman–Crippen MR) is 144 cm³/mol. The Bertz CT molecular complexity index is 1130. The van der Waals surface area contributed by atoms with Gasteiger partial charge in [-0.05, 0) is 82.1 Å². The molecule has 0 spiro atoms. The van der Waals surface area contributed by atoms with Gasteiger partial charge in [-0.25, -0.2) is 0 Å². The summed E-state index contributed by atoms with van der Waals surface area (Å²) in [4.78, 5) is 38.3. The van der Waals surface area contributed by atoms with Gasteiger partial charge in [0.25, 0.3) is 5.91 Å². The number of methoxy groups -OCH3 is 1. The van der Waals surface area contributed by atoms with E-state index in [1.54, 1.807) is 13.0 Å². The van der Waals surface area contributed by atoms with Gasteiger partial charge in [0.2, 0.25) is 5.91 Å². The van der Waals surface area contributed by atoms with Crippen LogP contribution in [0.5, 0.6) is 11.5 Å². The Morgan fingerprint density at radius 2 is 1.82 bits per heavy atom. The number of benzene rings is 1. The quantitative estimate of drug-likeness (QED) is 0.403. The van der Waals surface area contributed by atoms with Crippen molar-refractivity contribution in [2.75, 3.05) is 13.7 Å². The summed E-state index contributed by atoms with van der Waals surface area (Å²) < 4.78 is 11.6. The number of carboxylic acids is 1. The highest BCUT2D eigenvalue weighted by atomic mass is 16.5. The van der Waals surface area contributed by atoms with Crippen LogP contribution in [0.3, 0.4) is 0 Å². The van der Waals surface area contributed by atoms with Gasteiger partial charge in [-0.3, -0.25) is 14.4 Å². The molecule has 4 rings (SSSR count). The van der Waals surface area contributed by atoms with Crippen LogP contribution in [0.25, 0.3) is 0 Å². The number of fused-ring (bicyclic) bond motifs is 2. The third-order valence-corrected chi connectivity index (χ3v) is 9.05. The van der Waals surface area contributed by atoms with Gasteiger partial charge in [-0.2, -0.15) is 5.26 Å². The number of carbonyl (C=O) groups excluding carboxylic acids is 2. The van der Waals surface area contributed by atoms with Crippen molar-refractivity contribution in [3.63, 3.8) is 0 Å². The van der Waals surface area contributed by atoms with Crippen LogP contribution in [0.15, 0.2) is 12.1 Å². The van der Waals surface area contributed by atoms with Crippen molar-refractivity contribution < 1.29 is 29.0 Å². The lowest BCUT2D eigenvalue weighted by atomic mass is 9.75. The first-order valence-electron chi connectivity index (χ1n) is 14.2. The smallest absolute Gasteiger partial charge is 0.309 e. The molecule has 0 aromatic heterocycles. The second kappa shape index (κ2) is 11.8. The lowest BCUT2D eigenvalue weighted by Gasteiger charge is -2.34. The van der Waals surface area contributed by atoms with Crippen molar-refractivity contribution in [3.05, 3.63) is 23.3 Å². The monoisotopic (exact) mass is 539 g/mol. The molecule has 0 radical (unpaired) electrons. The molecule has 3 saturated carbocycles. The molecule has 0 heterocycles. The Kier molecular flexibility index (Phi) is 8.73. The van der Waals surface area contributed by atoms with Crippen molar-refractivity contribution >= 4 is 17.8 Å². The van der Waals surface area contributed by atoms with Crippen molar-refractivity contribution in [3.8, 4) is 17.6 Å². The number of ether oxygens (including phenoxy) is 2. The number of carboxylic acid groups (broad SMARTS) is 1. The Labute approximate surface area is 230 Å². The maximum absolute atomic E-state index is 13.6. The second-order valence-electron chi connectivity index (χ2n) is 12.2. The van der Waals surface area contributed by atoms with Gasteiger partial charge < -0.3 is 25.2 Å². The molecule has 0 unspecified atom stereocenters. The van der Waals surface area contributed by atoms with E-state index in [0.717, 1.165) is 25.7 Å². The van der Waals surface area contributed by atoms with Crippen LogP contribution in [0, 0.1) is 40.4 Å². The zero-order chi connectivity index (χ0) is 28.3. The topological polar surface area (TPSA) is 138 Å². The number of nitrogens with one attached hydrogen (secondary N) is 2. The number of nitriles is 1. The van der Waals surface area contributed by atoms with Gasteiger partial charge in [0.15, 0.2) is 0 Å². The highest BCUT2D eigenvalue weighted by Gasteiger charge is 2.51. The zero-order valence-electron chi connectivity index (χ0n) is 23.4. The van der Waals surface area contributed by atoms with Crippen LogP contribution in [0.4, 0.5) is 0 Å². The van der Waals surface area contributed by atoms with Gasteiger partial charge in [0, 0.05) is 18.7 Å². The van der Waals surface area contributed by atoms with E-state index in [1.807, 2.05) is 0 Å². The molecular weight excluding hydrogens is 498 g/mol. The minimum absolute atomic E-state index is 0.00891. The molecule has 0 aliphatic heterocycles. The first-order valence-corrected chi connectivity index (χ1v) is 14.2. The lowest BCUT2D eigenvalue weighted by molar-refractivity contribution is -0.150. The Balaban J connectivity index is 1.50. The summed E-state index contributed by atoms with van der Waals surface area (Å²) in [6.07, 6.45) is 5.61. The highest BCUT2D eigenvalue weighted by Crippen LogP contribution is 2.49. The average Bonchev–Trinajstić information content (AvgIpc) is 3.51. The fourth-order valence-corrected chi connectivity index (χ4v) is 6.54. The normalized spacial score (nSPS) is 29.5. The SMILES string of the molecule is COc1cc(C#N)c(OC2CCC(C)(C(=O)O)CC2)cc1C(=O)N[C@@H]1[C@H]2CC[C@H](C2)[C@@H]1C(=O)NCCC(C)C. The van der Waals surface area contributed by atoms with Gasteiger partial charge in [0.05, 0.1) is 35.7 Å². The highest BCUT2D eigenvalue weighted by molar-refractivity contribution is 5.98. The minimum Gasteiger partial charge on any atom is -0.496 e. The second-order valence-corrected chi connectivity index (χ2v) is 12.2. The minimum atomic E-state index is -0.811. The molecule has 1 aromatic rings. The summed E-state index contributed by atoms with van der Waals surface area (Å²) in [5.41, 5.74) is -0.280. The van der Waals surface area contributed by atoms with E-state index in [-0.39, 0.29) is 64.3 Å². The van der Waals surface area contributed by atoms with Crippen LogP contribution in [0.2, 0.25) is 0 Å². The van der Waals surface area contributed by atoms with Gasteiger partial charge in [-0.1, -0.05) is 13.8 Å². The van der Waals surface area contributed by atoms with E-state index < -0.39 is 11.4 Å². The first-order chi connectivity index (χ1) is 18.6. The van der Waals surface area contributed by atoms with Crippen molar-refractivity contribution in [1.82, 2.24) is 10.6 Å². The van der Waals surface area contributed by atoms with E-state index in [4.69, 9.17) is 9.47 Å². The number of aliphatic carboxylic acids is 1. The predicted octanol–water partition coefficient (Wildman–Crippen LogP) is 4.29. The molecule has 39 heavy (non-hydrogen) atoms. The number of hydrogen-bond acceptors (Lipinski definition) is 6. The Hall–Kier alpha value is -3.28. The maximum atomic E-state index is 13.6. The van der Waals surface area contributed by atoms with Crippen molar-refractivity contribution in [2.24, 2.45) is 29.1 Å². The summed E-state index contributed by atoms with van der Waals surface area (Å²) in [5, 5.41) is 25.5. The van der Waals surface area contributed by atoms with Gasteiger partial charge in [-0.15, -0.1) is 0 Å². The molecule has 1 aromatic carbocycles. The fraction of sp³-hybridized carbons (Fsp3) is 0.667. The lowest BCUT2D eigenvalue weighted by Crippen LogP contribution is -2.50. The molecule has 212 valence electrons. The molecule has 3 N–H and O–H groups in total. The molecule has 9 nitrogen and oxygen atoms in total. The average molecular weight is 540 g/mol. The van der Waals surface area contributed by atoms with E-state index >= 15 is 0 Å². The Morgan fingerprint density at radius 3 is 2.44 bits per heavy atom. The van der Waals surface area contributed by atoms with E-state index in [1.165, 1.54) is 13.2 Å². The van der Waals surface area contributed by atoms with Crippen LogP contribution in [-0.2, 0) is 9.59 Å². The number of hydrogen-bond donors (Lipinski definition) is 3. The number of amides is 2. The zero-order valence-corrected chi connectivity index (χ0v) is 23.4. The molecular formula is C30H41N3O6. The molecule has 0 saturated heterocycles. The molecule has 3 fully saturated rings. The van der Waals surface area contributed by atoms with E-state index in [9.17, 15) is 24.8 Å². The van der Waals surface area contributed by atoms with Crippen LogP contribution in [-0.4, -0.2) is 48.7 Å². The number of rotatable bonds is 10. The van der Waals surface area contributed by atoms with Crippen LogP contribution >= 0.6 is 0 Å². The van der Waals surface area contributed by atoms with Gasteiger partial charge in [0.1, 0.15) is 17.6 Å². The van der Waals surface area contributed by atoms with Crippen LogP contribution < -0.4 is 20.1 Å². The molecule has 3 aliphatic rings. The molecule has 4 atom stereocenters. The van der Waals surface area contributed by atoms with E-state index in [0.29, 0.717) is 38.1 Å². The van der Waals surface area contributed by atoms with Gasteiger partial charge >= 0.3 is 5.97 Å². The molecule has 9 heteroatoms. The summed E-state index contributed by atoms with van der Waals surface area (Å²) in [6, 6.07) is 4.91. The largest absolute Gasteiger partial charge is 0.496 e. The number of nitrogens with zero attached hydrogens (tertiary/aromatic N) is 1. The summed E-state index contributed by atoms with van der Waals surface area (Å²) in [6.45, 7) is 6.62.